The molecule has 2 rings (SSSR count). The topological polar surface area (TPSA) is 57.3 Å². The number of rotatable bonds is 5. The predicted molar refractivity (Wildman–Crippen MR) is 86.6 cm³/mol. The zero-order chi connectivity index (χ0) is 15.3. The number of piperidine rings is 1. The Labute approximate surface area is 127 Å². The van der Waals surface area contributed by atoms with E-state index in [1.165, 1.54) is 0 Å². The van der Waals surface area contributed by atoms with Crippen LogP contribution in [0.15, 0.2) is 18.3 Å². The highest BCUT2D eigenvalue weighted by atomic mass is 16.2. The van der Waals surface area contributed by atoms with Crippen LogP contribution in [0.2, 0.25) is 0 Å². The van der Waals surface area contributed by atoms with Gasteiger partial charge in [0.15, 0.2) is 0 Å². The second kappa shape index (κ2) is 6.89. The molecule has 1 atom stereocenters. The molecular formula is C16H26N4O. The summed E-state index contributed by atoms with van der Waals surface area (Å²) in [6.07, 6.45) is 3.71. The van der Waals surface area contributed by atoms with Crippen LogP contribution in [0.3, 0.4) is 0 Å². The van der Waals surface area contributed by atoms with Crippen molar-refractivity contribution in [2.45, 2.75) is 33.6 Å². The number of aromatic nitrogens is 1. The molecule has 2 heterocycles. The van der Waals surface area contributed by atoms with Gasteiger partial charge in [0.2, 0.25) is 5.91 Å². The number of carbonyl (C=O) groups excluding carboxylic acids is 1. The zero-order valence-electron chi connectivity index (χ0n) is 13.3. The van der Waals surface area contributed by atoms with Gasteiger partial charge in [-0.25, -0.2) is 4.98 Å². The molecular weight excluding hydrogens is 264 g/mol. The minimum Gasteiger partial charge on any atom is -0.357 e. The predicted octanol–water partition coefficient (Wildman–Crippen LogP) is 2.26. The van der Waals surface area contributed by atoms with Crippen molar-refractivity contribution in [3.63, 3.8) is 0 Å². The van der Waals surface area contributed by atoms with Gasteiger partial charge >= 0.3 is 0 Å². The van der Waals surface area contributed by atoms with Crippen molar-refractivity contribution in [2.75, 3.05) is 36.4 Å². The van der Waals surface area contributed by atoms with Crippen LogP contribution >= 0.6 is 0 Å². The van der Waals surface area contributed by atoms with Crippen molar-refractivity contribution >= 4 is 17.4 Å². The summed E-state index contributed by atoms with van der Waals surface area (Å²) >= 11 is 0. The first-order valence-electron chi connectivity index (χ1n) is 7.82. The Morgan fingerprint density at radius 1 is 1.43 bits per heavy atom. The van der Waals surface area contributed by atoms with Crippen LogP contribution in [0.5, 0.6) is 0 Å². The Bertz CT molecular complexity index is 462. The van der Waals surface area contributed by atoms with E-state index in [1.807, 2.05) is 19.1 Å². The van der Waals surface area contributed by atoms with E-state index in [1.54, 1.807) is 6.20 Å². The molecule has 0 spiro atoms. The number of anilines is 2. The van der Waals surface area contributed by atoms with Gasteiger partial charge in [-0.05, 0) is 52.3 Å². The van der Waals surface area contributed by atoms with Gasteiger partial charge in [-0.15, -0.1) is 0 Å². The molecule has 1 unspecified atom stereocenters. The van der Waals surface area contributed by atoms with Gasteiger partial charge in [-0.1, -0.05) is 0 Å². The summed E-state index contributed by atoms with van der Waals surface area (Å²) in [6, 6.07) is 3.89. The summed E-state index contributed by atoms with van der Waals surface area (Å²) in [5, 5.41) is 6.29. The smallest absolute Gasteiger partial charge is 0.231 e. The van der Waals surface area contributed by atoms with E-state index >= 15 is 0 Å². The first kappa shape index (κ1) is 15.8. The minimum atomic E-state index is -0.324. The Morgan fingerprint density at radius 3 is 2.71 bits per heavy atom. The first-order chi connectivity index (χ1) is 10.1. The molecule has 1 aliphatic heterocycles. The third-order valence-corrected chi connectivity index (χ3v) is 4.24. The lowest BCUT2D eigenvalue weighted by Gasteiger charge is -2.32. The van der Waals surface area contributed by atoms with E-state index in [4.69, 9.17) is 0 Å². The van der Waals surface area contributed by atoms with Crippen LogP contribution in [-0.4, -0.2) is 37.1 Å². The molecule has 0 aromatic carbocycles. The summed E-state index contributed by atoms with van der Waals surface area (Å²) in [5.74, 6) is 1.02. The number of nitrogens with one attached hydrogen (secondary N) is 2. The van der Waals surface area contributed by atoms with Gasteiger partial charge < -0.3 is 15.5 Å². The maximum atomic E-state index is 12.4. The average Bonchev–Trinajstić information content (AvgIpc) is 2.51. The van der Waals surface area contributed by atoms with E-state index in [0.29, 0.717) is 0 Å². The van der Waals surface area contributed by atoms with Gasteiger partial charge in [-0.2, -0.15) is 0 Å². The van der Waals surface area contributed by atoms with Crippen LogP contribution in [0, 0.1) is 5.41 Å². The molecule has 1 fully saturated rings. The Kier molecular flexibility index (Phi) is 5.17. The van der Waals surface area contributed by atoms with Gasteiger partial charge in [0, 0.05) is 19.6 Å². The Balaban J connectivity index is 2.01. The molecule has 1 aromatic heterocycles. The molecule has 1 saturated heterocycles. The van der Waals surface area contributed by atoms with Crippen LogP contribution in [0.4, 0.5) is 11.5 Å². The lowest BCUT2D eigenvalue weighted by molar-refractivity contribution is -0.125. The maximum absolute atomic E-state index is 12.4. The largest absolute Gasteiger partial charge is 0.357 e. The molecule has 1 aliphatic rings. The third-order valence-electron chi connectivity index (χ3n) is 4.24. The van der Waals surface area contributed by atoms with Crippen molar-refractivity contribution < 1.29 is 4.79 Å². The Morgan fingerprint density at radius 2 is 2.19 bits per heavy atom. The number of hydrogen-bond acceptors (Lipinski definition) is 4. The fourth-order valence-corrected chi connectivity index (χ4v) is 2.73. The number of hydrogen-bond donors (Lipinski definition) is 2. The molecule has 0 aliphatic carbocycles. The van der Waals surface area contributed by atoms with Crippen LogP contribution in [0.25, 0.3) is 0 Å². The van der Waals surface area contributed by atoms with Gasteiger partial charge in [0.1, 0.15) is 5.82 Å². The van der Waals surface area contributed by atoms with Gasteiger partial charge in [0.05, 0.1) is 17.3 Å². The van der Waals surface area contributed by atoms with E-state index in [9.17, 15) is 4.79 Å². The molecule has 5 heteroatoms. The van der Waals surface area contributed by atoms with E-state index in [2.05, 4.69) is 34.4 Å². The summed E-state index contributed by atoms with van der Waals surface area (Å²) in [7, 11) is 0. The lowest BCUT2D eigenvalue weighted by atomic mass is 9.82. The normalized spacial score (nSPS) is 21.9. The highest BCUT2D eigenvalue weighted by molar-refractivity contribution is 5.95. The Hall–Kier alpha value is -1.62. The standard InChI is InChI=1S/C16H26N4O/c1-4-20(5-2)14-8-7-13(11-18-14)19-15(21)16(3)9-6-10-17-12-16/h7-8,11,17H,4-6,9-10,12H2,1-3H3,(H,19,21). The molecule has 21 heavy (non-hydrogen) atoms. The summed E-state index contributed by atoms with van der Waals surface area (Å²) < 4.78 is 0. The SMILES string of the molecule is CCN(CC)c1ccc(NC(=O)C2(C)CCCNC2)cn1. The number of carbonyl (C=O) groups is 1. The van der Waals surface area contributed by atoms with Crippen molar-refractivity contribution in [3.8, 4) is 0 Å². The van der Waals surface area contributed by atoms with E-state index in [-0.39, 0.29) is 11.3 Å². The minimum absolute atomic E-state index is 0.0760. The summed E-state index contributed by atoms with van der Waals surface area (Å²) in [6.45, 7) is 9.84. The van der Waals surface area contributed by atoms with E-state index in [0.717, 1.165) is 50.5 Å². The molecule has 5 nitrogen and oxygen atoms in total. The van der Waals surface area contributed by atoms with Crippen LogP contribution in [0.1, 0.15) is 33.6 Å². The highest BCUT2D eigenvalue weighted by Crippen LogP contribution is 2.27. The fraction of sp³-hybridized carbons (Fsp3) is 0.625. The van der Waals surface area contributed by atoms with Gasteiger partial charge in [-0.3, -0.25) is 4.79 Å². The third kappa shape index (κ3) is 3.73. The number of amides is 1. The second-order valence-corrected chi connectivity index (χ2v) is 5.87. The first-order valence-corrected chi connectivity index (χ1v) is 7.82. The zero-order valence-corrected chi connectivity index (χ0v) is 13.3. The molecule has 0 bridgehead atoms. The molecule has 0 saturated carbocycles. The van der Waals surface area contributed by atoms with Crippen molar-refractivity contribution in [3.05, 3.63) is 18.3 Å². The number of pyridine rings is 1. The lowest BCUT2D eigenvalue weighted by Crippen LogP contribution is -2.46. The summed E-state index contributed by atoms with van der Waals surface area (Å²) in [5.41, 5.74) is 0.443. The van der Waals surface area contributed by atoms with Crippen LogP contribution in [-0.2, 0) is 4.79 Å². The van der Waals surface area contributed by atoms with E-state index < -0.39 is 0 Å². The van der Waals surface area contributed by atoms with Crippen LogP contribution < -0.4 is 15.5 Å². The van der Waals surface area contributed by atoms with Crippen molar-refractivity contribution in [2.24, 2.45) is 5.41 Å². The summed E-state index contributed by atoms with van der Waals surface area (Å²) in [4.78, 5) is 19.0. The molecule has 116 valence electrons. The fourth-order valence-electron chi connectivity index (χ4n) is 2.73. The molecule has 1 aromatic rings. The van der Waals surface area contributed by atoms with Crippen molar-refractivity contribution in [1.29, 1.82) is 0 Å². The molecule has 1 amide bonds. The monoisotopic (exact) mass is 290 g/mol. The molecule has 2 N–H and O–H groups in total. The second-order valence-electron chi connectivity index (χ2n) is 5.87. The average molecular weight is 290 g/mol. The maximum Gasteiger partial charge on any atom is 0.231 e. The quantitative estimate of drug-likeness (QED) is 0.873. The van der Waals surface area contributed by atoms with Crippen molar-refractivity contribution in [1.82, 2.24) is 10.3 Å². The molecule has 0 radical (unpaired) electrons. The number of nitrogens with zero attached hydrogens (tertiary/aromatic N) is 2. The van der Waals surface area contributed by atoms with Gasteiger partial charge in [0.25, 0.3) is 0 Å². The highest BCUT2D eigenvalue weighted by Gasteiger charge is 2.34.